The maximum atomic E-state index is 12.4. The van der Waals surface area contributed by atoms with E-state index in [1.165, 1.54) is 23.6 Å². The number of halogens is 1. The lowest BCUT2D eigenvalue weighted by Crippen LogP contribution is -2.50. The minimum atomic E-state index is -0.427. The first-order valence-corrected chi connectivity index (χ1v) is 8.71. The van der Waals surface area contributed by atoms with E-state index in [1.807, 2.05) is 5.38 Å². The van der Waals surface area contributed by atoms with Gasteiger partial charge in [-0.3, -0.25) is 9.59 Å². The molecule has 0 spiro atoms. The van der Waals surface area contributed by atoms with Gasteiger partial charge in [-0.05, 0) is 12.5 Å². The minimum absolute atomic E-state index is 0.0223. The number of hydrogen-bond donors (Lipinski definition) is 2. The van der Waals surface area contributed by atoms with Crippen LogP contribution in [0.15, 0.2) is 27.9 Å². The van der Waals surface area contributed by atoms with E-state index in [-0.39, 0.29) is 23.1 Å². The first kappa shape index (κ1) is 17.1. The van der Waals surface area contributed by atoms with Gasteiger partial charge in [0.05, 0.1) is 36.0 Å². The van der Waals surface area contributed by atoms with Crippen molar-refractivity contribution in [3.8, 4) is 0 Å². The summed E-state index contributed by atoms with van der Waals surface area (Å²) in [6.45, 7) is 1.32. The van der Waals surface area contributed by atoms with Crippen LogP contribution in [-0.4, -0.2) is 41.2 Å². The zero-order valence-electron chi connectivity index (χ0n) is 12.7. The summed E-state index contributed by atoms with van der Waals surface area (Å²) in [5, 5.41) is 4.81. The van der Waals surface area contributed by atoms with Gasteiger partial charge in [0.2, 0.25) is 0 Å². The SMILES string of the molecule is O=C(N[C@@H]1CCOC[C@H]1OCc1cscn1)c1c[nH]c(=O)c(Cl)c1. The van der Waals surface area contributed by atoms with Crippen molar-refractivity contribution in [1.29, 1.82) is 0 Å². The molecule has 2 N–H and O–H groups in total. The Morgan fingerprint density at radius 2 is 2.46 bits per heavy atom. The van der Waals surface area contributed by atoms with Crippen molar-refractivity contribution in [3.63, 3.8) is 0 Å². The third-order valence-electron chi connectivity index (χ3n) is 3.67. The van der Waals surface area contributed by atoms with E-state index < -0.39 is 5.56 Å². The fourth-order valence-corrected chi connectivity index (χ4v) is 3.10. The third-order valence-corrected chi connectivity index (χ3v) is 4.59. The molecule has 7 nitrogen and oxygen atoms in total. The molecule has 0 bridgehead atoms. The normalized spacial score (nSPS) is 20.7. The lowest BCUT2D eigenvalue weighted by Gasteiger charge is -2.32. The van der Waals surface area contributed by atoms with Gasteiger partial charge >= 0.3 is 0 Å². The maximum Gasteiger partial charge on any atom is 0.266 e. The highest BCUT2D eigenvalue weighted by molar-refractivity contribution is 7.07. The van der Waals surface area contributed by atoms with Crippen LogP contribution in [0.5, 0.6) is 0 Å². The Labute approximate surface area is 147 Å². The van der Waals surface area contributed by atoms with Crippen LogP contribution in [0.3, 0.4) is 0 Å². The van der Waals surface area contributed by atoms with E-state index in [4.69, 9.17) is 21.1 Å². The van der Waals surface area contributed by atoms with Gasteiger partial charge in [0.1, 0.15) is 11.1 Å². The number of pyridine rings is 1. The van der Waals surface area contributed by atoms with Gasteiger partial charge in [-0.25, -0.2) is 4.98 Å². The largest absolute Gasteiger partial charge is 0.379 e. The first-order valence-electron chi connectivity index (χ1n) is 7.39. The fraction of sp³-hybridized carbons (Fsp3) is 0.400. The average molecular weight is 370 g/mol. The van der Waals surface area contributed by atoms with E-state index in [2.05, 4.69) is 15.3 Å². The second-order valence-electron chi connectivity index (χ2n) is 5.34. The summed E-state index contributed by atoms with van der Waals surface area (Å²) in [7, 11) is 0. The van der Waals surface area contributed by atoms with Gasteiger partial charge in [-0.15, -0.1) is 11.3 Å². The molecule has 3 heterocycles. The van der Waals surface area contributed by atoms with Crippen molar-refractivity contribution in [1.82, 2.24) is 15.3 Å². The predicted molar refractivity (Wildman–Crippen MR) is 89.5 cm³/mol. The van der Waals surface area contributed by atoms with Crippen LogP contribution >= 0.6 is 22.9 Å². The maximum absolute atomic E-state index is 12.4. The molecule has 1 saturated heterocycles. The van der Waals surface area contributed by atoms with E-state index in [9.17, 15) is 9.59 Å². The second-order valence-corrected chi connectivity index (χ2v) is 6.46. The highest BCUT2D eigenvalue weighted by atomic mass is 35.5. The molecule has 9 heteroatoms. The number of aromatic amines is 1. The average Bonchev–Trinajstić information content (AvgIpc) is 3.10. The molecule has 0 radical (unpaired) electrons. The molecular formula is C15H16ClN3O4S. The van der Waals surface area contributed by atoms with Gasteiger partial charge in [-0.1, -0.05) is 11.6 Å². The number of carbonyl (C=O) groups excluding carboxylic acids is 1. The number of carbonyl (C=O) groups is 1. The molecule has 0 aromatic carbocycles. The summed E-state index contributed by atoms with van der Waals surface area (Å²) < 4.78 is 11.3. The number of rotatable bonds is 5. The Morgan fingerprint density at radius 1 is 1.58 bits per heavy atom. The Hall–Kier alpha value is -1.74. The molecular weight excluding hydrogens is 354 g/mol. The third kappa shape index (κ3) is 4.21. The van der Waals surface area contributed by atoms with Gasteiger partial charge in [-0.2, -0.15) is 0 Å². The van der Waals surface area contributed by atoms with Crippen molar-refractivity contribution >= 4 is 28.8 Å². The molecule has 1 aliphatic rings. The van der Waals surface area contributed by atoms with Crippen molar-refractivity contribution in [2.75, 3.05) is 13.2 Å². The van der Waals surface area contributed by atoms with E-state index >= 15 is 0 Å². The van der Waals surface area contributed by atoms with Gasteiger partial charge in [0.15, 0.2) is 0 Å². The van der Waals surface area contributed by atoms with Crippen LogP contribution < -0.4 is 10.9 Å². The van der Waals surface area contributed by atoms with E-state index in [0.717, 1.165) is 5.69 Å². The quantitative estimate of drug-likeness (QED) is 0.834. The summed E-state index contributed by atoms with van der Waals surface area (Å²) in [6.07, 6.45) is 1.72. The molecule has 0 unspecified atom stereocenters. The van der Waals surface area contributed by atoms with Crippen molar-refractivity contribution in [2.45, 2.75) is 25.2 Å². The number of thiazole rings is 1. The van der Waals surface area contributed by atoms with Crippen molar-refractivity contribution < 1.29 is 14.3 Å². The van der Waals surface area contributed by atoms with Gasteiger partial charge in [0, 0.05) is 18.2 Å². The molecule has 2 aromatic rings. The molecule has 0 aliphatic carbocycles. The number of H-pyrrole nitrogens is 1. The molecule has 1 aliphatic heterocycles. The number of amides is 1. The van der Waals surface area contributed by atoms with Crippen LogP contribution in [0, 0.1) is 0 Å². The van der Waals surface area contributed by atoms with Crippen LogP contribution in [0.1, 0.15) is 22.5 Å². The number of hydrogen-bond acceptors (Lipinski definition) is 6. The molecule has 1 amide bonds. The monoisotopic (exact) mass is 369 g/mol. The predicted octanol–water partition coefficient (Wildman–Crippen LogP) is 1.59. The van der Waals surface area contributed by atoms with Crippen molar-refractivity contribution in [3.05, 3.63) is 49.8 Å². The lowest BCUT2D eigenvalue weighted by molar-refractivity contribution is -0.0742. The fourth-order valence-electron chi connectivity index (χ4n) is 2.38. The summed E-state index contributed by atoms with van der Waals surface area (Å²) in [6, 6.07) is 1.16. The zero-order chi connectivity index (χ0) is 16.9. The Kier molecular flexibility index (Phi) is 5.62. The Morgan fingerprint density at radius 3 is 3.21 bits per heavy atom. The minimum Gasteiger partial charge on any atom is -0.379 e. The van der Waals surface area contributed by atoms with Crippen molar-refractivity contribution in [2.24, 2.45) is 0 Å². The molecule has 128 valence electrons. The first-order chi connectivity index (χ1) is 11.6. The molecule has 0 saturated carbocycles. The lowest BCUT2D eigenvalue weighted by atomic mass is 10.1. The number of nitrogens with zero attached hydrogens (tertiary/aromatic N) is 1. The van der Waals surface area contributed by atoms with E-state index in [1.54, 1.807) is 5.51 Å². The van der Waals surface area contributed by atoms with Crippen LogP contribution in [0.2, 0.25) is 5.02 Å². The van der Waals surface area contributed by atoms with Crippen LogP contribution in [0.4, 0.5) is 0 Å². The van der Waals surface area contributed by atoms with E-state index in [0.29, 0.717) is 31.8 Å². The highest BCUT2D eigenvalue weighted by Crippen LogP contribution is 2.15. The summed E-state index contributed by atoms with van der Waals surface area (Å²) in [5.41, 5.74) is 2.46. The van der Waals surface area contributed by atoms with Gasteiger partial charge in [0.25, 0.3) is 11.5 Å². The molecule has 2 aromatic heterocycles. The standard InChI is InChI=1S/C15H16ClN3O4S/c16-11-3-9(4-17-15(11)21)14(20)19-12-1-2-22-6-13(12)23-5-10-7-24-8-18-10/h3-4,7-8,12-13H,1-2,5-6H2,(H,17,21)(H,19,20)/t12-,13-/m1/s1. The topological polar surface area (TPSA) is 93.3 Å². The second kappa shape index (κ2) is 7.89. The summed E-state index contributed by atoms with van der Waals surface area (Å²) in [5.74, 6) is -0.317. The van der Waals surface area contributed by atoms with Crippen LogP contribution in [-0.2, 0) is 16.1 Å². The molecule has 24 heavy (non-hydrogen) atoms. The highest BCUT2D eigenvalue weighted by Gasteiger charge is 2.28. The smallest absolute Gasteiger partial charge is 0.266 e. The zero-order valence-corrected chi connectivity index (χ0v) is 14.2. The number of nitrogens with one attached hydrogen (secondary N) is 2. The number of aromatic nitrogens is 2. The summed E-state index contributed by atoms with van der Waals surface area (Å²) >= 11 is 7.27. The molecule has 2 atom stereocenters. The molecule has 3 rings (SSSR count). The van der Waals surface area contributed by atoms with Gasteiger partial charge < -0.3 is 19.8 Å². The Bertz CT molecular complexity index is 749. The van der Waals surface area contributed by atoms with Crippen LogP contribution in [0.25, 0.3) is 0 Å². The Balaban J connectivity index is 1.63. The number of ether oxygens (including phenoxy) is 2. The molecule has 1 fully saturated rings. The summed E-state index contributed by atoms with van der Waals surface area (Å²) in [4.78, 5) is 30.2.